The van der Waals surface area contributed by atoms with Gasteiger partial charge in [0.25, 0.3) is 0 Å². The molecule has 0 saturated carbocycles. The number of benzene rings is 2. The maximum atomic E-state index is 10.8. The van der Waals surface area contributed by atoms with E-state index in [1.165, 1.54) is 6.08 Å². The second-order valence-corrected chi connectivity index (χ2v) is 6.63. The minimum Gasteiger partial charge on any atom is -0.510 e. The fourth-order valence-electron chi connectivity index (χ4n) is 2.55. The highest BCUT2D eigenvalue weighted by molar-refractivity contribution is 6.42. The lowest BCUT2D eigenvalue weighted by Gasteiger charge is -2.20. The zero-order valence-corrected chi connectivity index (χ0v) is 15.7. The molecule has 4 nitrogen and oxygen atoms in total. The van der Waals surface area contributed by atoms with Gasteiger partial charge in [-0.05, 0) is 35.9 Å². The number of rotatable bonds is 6. The Hall–Kier alpha value is -2.82. The largest absolute Gasteiger partial charge is 0.510 e. The molecule has 3 rings (SSSR count). The molecule has 3 N–H and O–H groups in total. The van der Waals surface area contributed by atoms with E-state index in [1.54, 1.807) is 42.6 Å². The Bertz CT molecular complexity index is 960. The molecule has 0 bridgehead atoms. The highest BCUT2D eigenvalue weighted by atomic mass is 35.5. The summed E-state index contributed by atoms with van der Waals surface area (Å²) in [6, 6.07) is 19.3. The summed E-state index contributed by atoms with van der Waals surface area (Å²) < 4.78 is 0. The Kier molecular flexibility index (Phi) is 6.12. The van der Waals surface area contributed by atoms with Crippen LogP contribution in [0.4, 0.5) is 5.69 Å². The van der Waals surface area contributed by atoms with Crippen molar-refractivity contribution in [2.24, 2.45) is 0 Å². The van der Waals surface area contributed by atoms with Gasteiger partial charge in [0.05, 0.1) is 21.5 Å². The molecule has 1 heterocycles. The first-order chi connectivity index (χ1) is 13.0. The van der Waals surface area contributed by atoms with Crippen LogP contribution < -0.4 is 5.32 Å². The first-order valence-corrected chi connectivity index (χ1v) is 8.97. The van der Waals surface area contributed by atoms with E-state index in [0.717, 1.165) is 5.56 Å². The van der Waals surface area contributed by atoms with E-state index in [4.69, 9.17) is 28.6 Å². The van der Waals surface area contributed by atoms with Gasteiger partial charge < -0.3 is 10.4 Å². The second-order valence-electron chi connectivity index (χ2n) is 5.81. The molecule has 1 aromatic heterocycles. The average molecular weight is 398 g/mol. The molecule has 0 aliphatic carbocycles. The van der Waals surface area contributed by atoms with Gasteiger partial charge in [0.15, 0.2) is 0 Å². The molecular weight excluding hydrogens is 381 g/mol. The number of hydrogen-bond acceptors (Lipinski definition) is 4. The summed E-state index contributed by atoms with van der Waals surface area (Å²) in [7, 11) is 0. The van der Waals surface area contributed by atoms with Crippen LogP contribution in [-0.4, -0.2) is 15.8 Å². The number of allylic oxidation sites excluding steroid dienone is 1. The van der Waals surface area contributed by atoms with Crippen molar-refractivity contribution in [2.45, 2.75) is 6.04 Å². The zero-order valence-electron chi connectivity index (χ0n) is 14.2. The van der Waals surface area contributed by atoms with Gasteiger partial charge in [-0.2, -0.15) is 0 Å². The lowest BCUT2D eigenvalue weighted by atomic mass is 10.0. The summed E-state index contributed by atoms with van der Waals surface area (Å²) in [4.78, 5) is 4.14. The predicted molar refractivity (Wildman–Crippen MR) is 111 cm³/mol. The summed E-state index contributed by atoms with van der Waals surface area (Å²) in [6.45, 7) is 0. The molecule has 1 unspecified atom stereocenters. The number of nitrogens with one attached hydrogen (secondary N) is 2. The maximum Gasteiger partial charge on any atom is 0.121 e. The molecule has 0 spiro atoms. The lowest BCUT2D eigenvalue weighted by Crippen LogP contribution is -2.15. The molecule has 0 amide bonds. The Morgan fingerprint density at radius 3 is 2.41 bits per heavy atom. The number of halogens is 2. The van der Waals surface area contributed by atoms with Crippen LogP contribution in [0.2, 0.25) is 10.0 Å². The molecule has 0 fully saturated rings. The number of aliphatic hydroxyl groups excluding tert-OH is 1. The summed E-state index contributed by atoms with van der Waals surface area (Å²) >= 11 is 12.1. The van der Waals surface area contributed by atoms with Gasteiger partial charge in [-0.1, -0.05) is 59.6 Å². The van der Waals surface area contributed by atoms with Gasteiger partial charge in [-0.15, -0.1) is 0 Å². The van der Waals surface area contributed by atoms with Crippen molar-refractivity contribution in [3.8, 4) is 0 Å². The normalized spacial score (nSPS) is 12.4. The van der Waals surface area contributed by atoms with Crippen LogP contribution in [0, 0.1) is 5.41 Å². The highest BCUT2D eigenvalue weighted by Gasteiger charge is 2.17. The smallest absolute Gasteiger partial charge is 0.121 e. The van der Waals surface area contributed by atoms with Crippen LogP contribution in [-0.2, 0) is 0 Å². The van der Waals surface area contributed by atoms with E-state index in [2.05, 4.69) is 10.3 Å². The Labute approximate surface area is 167 Å². The van der Waals surface area contributed by atoms with Crippen molar-refractivity contribution in [1.29, 1.82) is 5.41 Å². The number of aliphatic hydroxyl groups is 1. The standard InChI is InChI=1S/C21H17Cl2N3O/c22-16-10-9-15(12-17(16)23)26-21(14-6-2-1-3-7-14)20(27)13-18(24)19-8-4-5-11-25-19/h1-13,21,24,26-27H/b20-13-,24-18?. The van der Waals surface area contributed by atoms with Crippen LogP contribution in [0.25, 0.3) is 0 Å². The van der Waals surface area contributed by atoms with Gasteiger partial charge in [-0.3, -0.25) is 10.4 Å². The van der Waals surface area contributed by atoms with Gasteiger partial charge in [-0.25, -0.2) is 0 Å². The van der Waals surface area contributed by atoms with Crippen LogP contribution in [0.5, 0.6) is 0 Å². The highest BCUT2D eigenvalue weighted by Crippen LogP contribution is 2.30. The first kappa shape index (κ1) is 19.0. The molecule has 6 heteroatoms. The third-order valence-corrected chi connectivity index (χ3v) is 4.63. The monoisotopic (exact) mass is 397 g/mol. The second kappa shape index (κ2) is 8.71. The molecule has 0 aliphatic heterocycles. The first-order valence-electron chi connectivity index (χ1n) is 8.21. The molecular formula is C21H17Cl2N3O. The zero-order chi connectivity index (χ0) is 19.2. The van der Waals surface area contributed by atoms with Crippen molar-refractivity contribution in [3.05, 3.63) is 106 Å². The minimum absolute atomic E-state index is 0.0112. The molecule has 0 saturated heterocycles. The van der Waals surface area contributed by atoms with E-state index in [1.807, 2.05) is 30.3 Å². The fraction of sp³-hybridized carbons (Fsp3) is 0.0476. The Morgan fingerprint density at radius 1 is 1.00 bits per heavy atom. The van der Waals surface area contributed by atoms with Crippen molar-refractivity contribution < 1.29 is 5.11 Å². The summed E-state index contributed by atoms with van der Waals surface area (Å²) in [6.07, 6.45) is 3.00. The van der Waals surface area contributed by atoms with Crippen molar-refractivity contribution in [2.75, 3.05) is 5.32 Å². The molecule has 2 aromatic carbocycles. The number of pyridine rings is 1. The van der Waals surface area contributed by atoms with Crippen LogP contribution in [0.1, 0.15) is 17.3 Å². The van der Waals surface area contributed by atoms with E-state index in [0.29, 0.717) is 21.4 Å². The van der Waals surface area contributed by atoms with Crippen LogP contribution in [0.15, 0.2) is 84.8 Å². The van der Waals surface area contributed by atoms with Gasteiger partial charge in [0.1, 0.15) is 11.8 Å². The SMILES string of the molecule is N=C(/C=C(\O)C(Nc1ccc(Cl)c(Cl)c1)c1ccccc1)c1ccccn1. The van der Waals surface area contributed by atoms with E-state index < -0.39 is 6.04 Å². The fourth-order valence-corrected chi connectivity index (χ4v) is 2.85. The van der Waals surface area contributed by atoms with Gasteiger partial charge >= 0.3 is 0 Å². The van der Waals surface area contributed by atoms with E-state index in [-0.39, 0.29) is 11.5 Å². The number of anilines is 1. The predicted octanol–water partition coefficient (Wildman–Crippen LogP) is 6.05. The van der Waals surface area contributed by atoms with E-state index in [9.17, 15) is 5.11 Å². The van der Waals surface area contributed by atoms with Gasteiger partial charge in [0.2, 0.25) is 0 Å². The number of aromatic nitrogens is 1. The van der Waals surface area contributed by atoms with Crippen molar-refractivity contribution in [1.82, 2.24) is 4.98 Å². The van der Waals surface area contributed by atoms with E-state index >= 15 is 0 Å². The topological polar surface area (TPSA) is 69.0 Å². The molecule has 136 valence electrons. The third kappa shape index (κ3) is 4.88. The van der Waals surface area contributed by atoms with Crippen molar-refractivity contribution in [3.63, 3.8) is 0 Å². The Balaban J connectivity index is 1.93. The van der Waals surface area contributed by atoms with Crippen LogP contribution >= 0.6 is 23.2 Å². The molecule has 1 atom stereocenters. The summed E-state index contributed by atoms with van der Waals surface area (Å²) in [5.41, 5.74) is 2.13. The minimum atomic E-state index is -0.562. The average Bonchev–Trinajstić information content (AvgIpc) is 2.70. The lowest BCUT2D eigenvalue weighted by molar-refractivity contribution is 0.378. The quantitative estimate of drug-likeness (QED) is 0.350. The number of nitrogens with zero attached hydrogens (tertiary/aromatic N) is 1. The van der Waals surface area contributed by atoms with Crippen molar-refractivity contribution >= 4 is 34.6 Å². The number of hydrogen-bond donors (Lipinski definition) is 3. The molecule has 0 radical (unpaired) electrons. The Morgan fingerprint density at radius 2 is 1.74 bits per heavy atom. The third-order valence-electron chi connectivity index (χ3n) is 3.89. The molecule has 0 aliphatic rings. The van der Waals surface area contributed by atoms with Gasteiger partial charge in [0, 0.05) is 18.0 Å². The van der Waals surface area contributed by atoms with Crippen LogP contribution in [0.3, 0.4) is 0 Å². The summed E-state index contributed by atoms with van der Waals surface area (Å²) in [5, 5.41) is 23.1. The molecule has 27 heavy (non-hydrogen) atoms. The summed E-state index contributed by atoms with van der Waals surface area (Å²) in [5.74, 6) is -0.0112. The molecule has 3 aromatic rings. The maximum absolute atomic E-state index is 10.8.